The summed E-state index contributed by atoms with van der Waals surface area (Å²) in [6.45, 7) is 1.98. The van der Waals surface area contributed by atoms with E-state index >= 15 is 0 Å². The van der Waals surface area contributed by atoms with Gasteiger partial charge in [0, 0.05) is 24.8 Å². The zero-order valence-electron chi connectivity index (χ0n) is 11.4. The number of benzene rings is 1. The molecule has 0 fully saturated rings. The molecule has 4 nitrogen and oxygen atoms in total. The third kappa shape index (κ3) is 5.73. The summed E-state index contributed by atoms with van der Waals surface area (Å²) in [5.74, 6) is -1.19. The Kier molecular flexibility index (Phi) is 6.56. The summed E-state index contributed by atoms with van der Waals surface area (Å²) in [5, 5.41) is 0. The molecule has 1 aromatic carbocycles. The molecule has 0 aromatic heterocycles. The van der Waals surface area contributed by atoms with E-state index in [1.54, 1.807) is 6.92 Å². The van der Waals surface area contributed by atoms with Crippen molar-refractivity contribution in [1.82, 2.24) is 0 Å². The molecule has 20 heavy (non-hydrogen) atoms. The van der Waals surface area contributed by atoms with Crippen LogP contribution in [0.4, 0.5) is 4.39 Å². The molecule has 0 saturated carbocycles. The van der Waals surface area contributed by atoms with Gasteiger partial charge in [0.15, 0.2) is 5.78 Å². The van der Waals surface area contributed by atoms with Crippen molar-refractivity contribution in [3.63, 3.8) is 0 Å². The zero-order chi connectivity index (χ0) is 15.0. The van der Waals surface area contributed by atoms with Crippen LogP contribution in [0.5, 0.6) is 0 Å². The summed E-state index contributed by atoms with van der Waals surface area (Å²) in [5.41, 5.74) is 0.379. The highest BCUT2D eigenvalue weighted by molar-refractivity contribution is 5.98. The number of hydrogen-bond donors (Lipinski definition) is 0. The van der Waals surface area contributed by atoms with Crippen molar-refractivity contribution < 1.29 is 23.5 Å². The SMILES string of the molecule is CCOC(=O)CCC(=O)CCC(=O)c1ccc(F)cc1. The fraction of sp³-hybridized carbons (Fsp3) is 0.400. The normalized spacial score (nSPS) is 10.1. The molecule has 0 atom stereocenters. The van der Waals surface area contributed by atoms with E-state index in [2.05, 4.69) is 0 Å². The highest BCUT2D eigenvalue weighted by Gasteiger charge is 2.11. The molecule has 0 saturated heterocycles. The minimum absolute atomic E-state index is 0.0391. The molecular weight excluding hydrogens is 263 g/mol. The third-order valence-electron chi connectivity index (χ3n) is 2.71. The van der Waals surface area contributed by atoms with E-state index in [0.29, 0.717) is 5.56 Å². The topological polar surface area (TPSA) is 60.4 Å². The number of halogens is 1. The van der Waals surface area contributed by atoms with Crippen LogP contribution in [0.1, 0.15) is 43.0 Å². The summed E-state index contributed by atoms with van der Waals surface area (Å²) in [6.07, 6.45) is 0.260. The molecule has 0 radical (unpaired) electrons. The van der Waals surface area contributed by atoms with Gasteiger partial charge in [0.05, 0.1) is 13.0 Å². The second-order valence-electron chi connectivity index (χ2n) is 4.27. The van der Waals surface area contributed by atoms with Gasteiger partial charge in [-0.1, -0.05) is 0 Å². The van der Waals surface area contributed by atoms with Crippen molar-refractivity contribution in [3.05, 3.63) is 35.6 Å². The van der Waals surface area contributed by atoms with Crippen molar-refractivity contribution in [3.8, 4) is 0 Å². The van der Waals surface area contributed by atoms with E-state index in [-0.39, 0.29) is 43.9 Å². The molecule has 0 heterocycles. The Hall–Kier alpha value is -2.04. The lowest BCUT2D eigenvalue weighted by Gasteiger charge is -2.02. The van der Waals surface area contributed by atoms with Gasteiger partial charge in [-0.15, -0.1) is 0 Å². The van der Waals surface area contributed by atoms with E-state index in [9.17, 15) is 18.8 Å². The molecule has 0 bridgehead atoms. The van der Waals surface area contributed by atoms with E-state index in [1.807, 2.05) is 0 Å². The third-order valence-corrected chi connectivity index (χ3v) is 2.71. The molecular formula is C15H17FO4. The highest BCUT2D eigenvalue weighted by atomic mass is 19.1. The molecule has 0 N–H and O–H groups in total. The van der Waals surface area contributed by atoms with E-state index in [1.165, 1.54) is 24.3 Å². The van der Waals surface area contributed by atoms with Gasteiger partial charge in [0.1, 0.15) is 11.6 Å². The summed E-state index contributed by atoms with van der Waals surface area (Å²) >= 11 is 0. The molecule has 0 amide bonds. The molecule has 0 spiro atoms. The molecule has 0 aliphatic heterocycles. The van der Waals surface area contributed by atoms with Gasteiger partial charge in [-0.05, 0) is 31.2 Å². The second-order valence-corrected chi connectivity index (χ2v) is 4.27. The minimum Gasteiger partial charge on any atom is -0.466 e. The van der Waals surface area contributed by atoms with Gasteiger partial charge in [-0.3, -0.25) is 14.4 Å². The second kappa shape index (κ2) is 8.19. The Morgan fingerprint density at radius 1 is 1.00 bits per heavy atom. The van der Waals surface area contributed by atoms with Gasteiger partial charge in [-0.25, -0.2) is 4.39 Å². The van der Waals surface area contributed by atoms with Crippen molar-refractivity contribution >= 4 is 17.5 Å². The van der Waals surface area contributed by atoms with Gasteiger partial charge in [0.2, 0.25) is 0 Å². The van der Waals surface area contributed by atoms with Crippen molar-refractivity contribution in [2.75, 3.05) is 6.61 Å². The number of carbonyl (C=O) groups is 3. The summed E-state index contributed by atoms with van der Waals surface area (Å²) < 4.78 is 17.4. The van der Waals surface area contributed by atoms with Crippen LogP contribution in [0.15, 0.2) is 24.3 Å². The van der Waals surface area contributed by atoms with Crippen LogP contribution >= 0.6 is 0 Å². The fourth-order valence-electron chi connectivity index (χ4n) is 1.63. The number of rotatable bonds is 8. The van der Waals surface area contributed by atoms with Crippen molar-refractivity contribution in [2.45, 2.75) is 32.6 Å². The maximum absolute atomic E-state index is 12.7. The Labute approximate surface area is 116 Å². The molecule has 0 unspecified atom stereocenters. The van der Waals surface area contributed by atoms with Gasteiger partial charge in [0.25, 0.3) is 0 Å². The Morgan fingerprint density at radius 2 is 1.60 bits per heavy atom. The first kappa shape index (κ1) is 16.0. The average Bonchev–Trinajstić information content (AvgIpc) is 2.43. The van der Waals surface area contributed by atoms with Crippen molar-refractivity contribution in [2.24, 2.45) is 0 Å². The van der Waals surface area contributed by atoms with Crippen LogP contribution in [0, 0.1) is 5.82 Å². The predicted octanol–water partition coefficient (Wildman–Crippen LogP) is 2.70. The minimum atomic E-state index is -0.411. The number of esters is 1. The molecule has 0 aliphatic rings. The predicted molar refractivity (Wildman–Crippen MR) is 70.8 cm³/mol. The largest absolute Gasteiger partial charge is 0.466 e. The number of Topliss-reactive ketones (excluding diaryl/α,β-unsaturated/α-hetero) is 2. The van der Waals surface area contributed by atoms with Crippen LogP contribution in [0.25, 0.3) is 0 Å². The lowest BCUT2D eigenvalue weighted by atomic mass is 10.0. The maximum Gasteiger partial charge on any atom is 0.306 e. The number of ether oxygens (including phenoxy) is 1. The molecule has 1 aromatic rings. The zero-order valence-corrected chi connectivity index (χ0v) is 11.4. The van der Waals surface area contributed by atoms with Crippen molar-refractivity contribution in [1.29, 1.82) is 0 Å². The first-order valence-electron chi connectivity index (χ1n) is 6.49. The lowest BCUT2D eigenvalue weighted by Crippen LogP contribution is -2.09. The maximum atomic E-state index is 12.7. The van der Waals surface area contributed by atoms with Crippen LogP contribution < -0.4 is 0 Å². The monoisotopic (exact) mass is 280 g/mol. The van der Waals surface area contributed by atoms with Crippen LogP contribution in [-0.4, -0.2) is 24.1 Å². The van der Waals surface area contributed by atoms with Crippen LogP contribution in [0.3, 0.4) is 0 Å². The van der Waals surface area contributed by atoms with Gasteiger partial charge in [-0.2, -0.15) is 0 Å². The summed E-state index contributed by atoms with van der Waals surface area (Å²) in [7, 11) is 0. The standard InChI is InChI=1S/C15H17FO4/c1-2-20-15(19)10-8-13(17)7-9-14(18)11-3-5-12(16)6-4-11/h3-6H,2,7-10H2,1H3. The van der Waals surface area contributed by atoms with Gasteiger partial charge < -0.3 is 4.74 Å². The lowest BCUT2D eigenvalue weighted by molar-refractivity contribution is -0.144. The van der Waals surface area contributed by atoms with Crippen LogP contribution in [-0.2, 0) is 14.3 Å². The number of hydrogen-bond acceptors (Lipinski definition) is 4. The van der Waals surface area contributed by atoms with Gasteiger partial charge >= 0.3 is 5.97 Å². The Balaban J connectivity index is 2.32. The van der Waals surface area contributed by atoms with E-state index in [0.717, 1.165) is 0 Å². The number of carbonyl (C=O) groups excluding carboxylic acids is 3. The van der Waals surface area contributed by atoms with E-state index < -0.39 is 11.8 Å². The molecule has 5 heteroatoms. The fourth-order valence-corrected chi connectivity index (χ4v) is 1.63. The first-order valence-corrected chi connectivity index (χ1v) is 6.49. The smallest absolute Gasteiger partial charge is 0.306 e. The van der Waals surface area contributed by atoms with Crippen LogP contribution in [0.2, 0.25) is 0 Å². The quantitative estimate of drug-likeness (QED) is 0.542. The number of ketones is 2. The first-order chi connectivity index (χ1) is 9.52. The Morgan fingerprint density at radius 3 is 2.20 bits per heavy atom. The molecule has 0 aliphatic carbocycles. The molecule has 108 valence electrons. The summed E-state index contributed by atoms with van der Waals surface area (Å²) in [4.78, 5) is 34.3. The summed E-state index contributed by atoms with van der Waals surface area (Å²) in [6, 6.07) is 5.19. The van der Waals surface area contributed by atoms with E-state index in [4.69, 9.17) is 4.74 Å². The highest BCUT2D eigenvalue weighted by Crippen LogP contribution is 2.09. The Bertz CT molecular complexity index is 479. The average molecular weight is 280 g/mol. The molecule has 1 rings (SSSR count).